The van der Waals surface area contributed by atoms with Crippen LogP contribution in [0.2, 0.25) is 0 Å². The standard InChI is InChI=1S/C10H14.C5H10O/c1-2-3-7-10-8-5-4-6-9-10;1-3-5(6)4-2/h4-6,8-9H,2-3,7H2,1H3;3-4H2,1-2H3. The normalized spacial score (nSPS) is 9.19. The van der Waals surface area contributed by atoms with Gasteiger partial charge >= 0.3 is 0 Å². The molecule has 0 N–H and O–H groups in total. The molecule has 0 aliphatic heterocycles. The summed E-state index contributed by atoms with van der Waals surface area (Å²) in [7, 11) is 0. The van der Waals surface area contributed by atoms with Gasteiger partial charge in [0, 0.05) is 12.8 Å². The molecule has 1 rings (SSSR count). The molecule has 0 saturated carbocycles. The maximum Gasteiger partial charge on any atom is 0.132 e. The molecule has 0 aliphatic rings. The number of aryl methyl sites for hydroxylation is 1. The minimum Gasteiger partial charge on any atom is -0.300 e. The Hall–Kier alpha value is -1.11. The molecule has 1 aromatic carbocycles. The number of carbonyl (C=O) groups excluding carboxylic acids is 1. The number of hydrogen-bond acceptors (Lipinski definition) is 1. The van der Waals surface area contributed by atoms with Crippen LogP contribution in [0.15, 0.2) is 30.3 Å². The topological polar surface area (TPSA) is 17.1 Å². The third-order valence-electron chi connectivity index (χ3n) is 2.45. The average molecular weight is 220 g/mol. The Labute approximate surface area is 99.9 Å². The maximum atomic E-state index is 10.2. The van der Waals surface area contributed by atoms with Crippen LogP contribution in [-0.4, -0.2) is 5.78 Å². The lowest BCUT2D eigenvalue weighted by Crippen LogP contribution is -1.88. The molecule has 0 amide bonds. The molecule has 0 radical (unpaired) electrons. The predicted octanol–water partition coefficient (Wildman–Crippen LogP) is 4.40. The number of ketones is 1. The molecule has 16 heavy (non-hydrogen) atoms. The largest absolute Gasteiger partial charge is 0.300 e. The molecule has 0 bridgehead atoms. The Kier molecular flexibility index (Phi) is 9.69. The average Bonchev–Trinajstić information content (AvgIpc) is 2.37. The number of rotatable bonds is 5. The number of carbonyl (C=O) groups is 1. The molecule has 0 aromatic heterocycles. The first kappa shape index (κ1) is 14.9. The van der Waals surface area contributed by atoms with Gasteiger partial charge in [-0.3, -0.25) is 4.79 Å². The van der Waals surface area contributed by atoms with Crippen LogP contribution in [0.1, 0.15) is 52.0 Å². The second-order valence-electron chi connectivity index (χ2n) is 3.83. The second kappa shape index (κ2) is 10.4. The van der Waals surface area contributed by atoms with E-state index in [1.54, 1.807) is 0 Å². The van der Waals surface area contributed by atoms with Gasteiger partial charge in [0.1, 0.15) is 5.78 Å². The van der Waals surface area contributed by atoms with E-state index in [9.17, 15) is 4.79 Å². The summed E-state index contributed by atoms with van der Waals surface area (Å²) in [6.07, 6.45) is 5.21. The molecule has 0 heterocycles. The highest BCUT2D eigenvalue weighted by molar-refractivity contribution is 5.77. The molecule has 1 aromatic rings. The minimum absolute atomic E-state index is 0.343. The van der Waals surface area contributed by atoms with Gasteiger partial charge < -0.3 is 0 Å². The van der Waals surface area contributed by atoms with Crippen LogP contribution >= 0.6 is 0 Å². The third kappa shape index (κ3) is 8.22. The van der Waals surface area contributed by atoms with Gasteiger partial charge in [0.25, 0.3) is 0 Å². The smallest absolute Gasteiger partial charge is 0.132 e. The molecular weight excluding hydrogens is 196 g/mol. The Bertz CT molecular complexity index is 258. The van der Waals surface area contributed by atoms with E-state index < -0.39 is 0 Å². The van der Waals surface area contributed by atoms with E-state index in [2.05, 4.69) is 37.3 Å². The van der Waals surface area contributed by atoms with Crippen molar-refractivity contribution in [3.8, 4) is 0 Å². The lowest BCUT2D eigenvalue weighted by Gasteiger charge is -1.96. The summed E-state index contributed by atoms with van der Waals surface area (Å²) in [5, 5.41) is 0. The highest BCUT2D eigenvalue weighted by atomic mass is 16.1. The van der Waals surface area contributed by atoms with Crippen LogP contribution in [0, 0.1) is 0 Å². The van der Waals surface area contributed by atoms with E-state index in [-0.39, 0.29) is 0 Å². The van der Waals surface area contributed by atoms with Crippen molar-refractivity contribution < 1.29 is 4.79 Å². The summed E-state index contributed by atoms with van der Waals surface area (Å²) in [4.78, 5) is 10.2. The van der Waals surface area contributed by atoms with Gasteiger partial charge in [-0.15, -0.1) is 0 Å². The van der Waals surface area contributed by atoms with Crippen LogP contribution in [0.4, 0.5) is 0 Å². The summed E-state index contributed by atoms with van der Waals surface area (Å²) in [6.45, 7) is 5.99. The number of benzene rings is 1. The number of hydrogen-bond donors (Lipinski definition) is 0. The van der Waals surface area contributed by atoms with Gasteiger partial charge in [-0.1, -0.05) is 57.5 Å². The monoisotopic (exact) mass is 220 g/mol. The highest BCUT2D eigenvalue weighted by Crippen LogP contribution is 2.03. The van der Waals surface area contributed by atoms with Crippen molar-refractivity contribution in [1.29, 1.82) is 0 Å². The Morgan fingerprint density at radius 2 is 1.56 bits per heavy atom. The SMILES string of the molecule is CCC(=O)CC.CCCCc1ccccc1. The Morgan fingerprint density at radius 1 is 1.00 bits per heavy atom. The zero-order chi connectivity index (χ0) is 12.2. The second-order valence-corrected chi connectivity index (χ2v) is 3.83. The molecule has 0 atom stereocenters. The van der Waals surface area contributed by atoms with Crippen LogP contribution in [0.25, 0.3) is 0 Å². The predicted molar refractivity (Wildman–Crippen MR) is 70.6 cm³/mol. The first-order chi connectivity index (χ1) is 7.74. The van der Waals surface area contributed by atoms with Gasteiger partial charge in [-0.05, 0) is 18.4 Å². The number of unbranched alkanes of at least 4 members (excludes halogenated alkanes) is 1. The van der Waals surface area contributed by atoms with E-state index >= 15 is 0 Å². The van der Waals surface area contributed by atoms with E-state index in [4.69, 9.17) is 0 Å². The van der Waals surface area contributed by atoms with Crippen LogP contribution < -0.4 is 0 Å². The Morgan fingerprint density at radius 3 is 1.94 bits per heavy atom. The van der Waals surface area contributed by atoms with Crippen molar-refractivity contribution in [1.82, 2.24) is 0 Å². The van der Waals surface area contributed by atoms with Crippen molar-refractivity contribution in [2.24, 2.45) is 0 Å². The van der Waals surface area contributed by atoms with Crippen LogP contribution in [0.3, 0.4) is 0 Å². The van der Waals surface area contributed by atoms with Crippen molar-refractivity contribution in [2.75, 3.05) is 0 Å². The van der Waals surface area contributed by atoms with Gasteiger partial charge in [0.15, 0.2) is 0 Å². The van der Waals surface area contributed by atoms with Gasteiger partial charge in [-0.2, -0.15) is 0 Å². The zero-order valence-electron chi connectivity index (χ0n) is 10.8. The van der Waals surface area contributed by atoms with Crippen molar-refractivity contribution in [2.45, 2.75) is 52.9 Å². The Balaban J connectivity index is 0.000000325. The van der Waals surface area contributed by atoms with Crippen molar-refractivity contribution in [3.63, 3.8) is 0 Å². The molecule has 1 nitrogen and oxygen atoms in total. The van der Waals surface area contributed by atoms with Crippen molar-refractivity contribution in [3.05, 3.63) is 35.9 Å². The summed E-state index contributed by atoms with van der Waals surface area (Å²) >= 11 is 0. The summed E-state index contributed by atoms with van der Waals surface area (Å²) in [6, 6.07) is 10.6. The molecule has 0 spiro atoms. The zero-order valence-corrected chi connectivity index (χ0v) is 10.8. The molecule has 0 saturated heterocycles. The fourth-order valence-corrected chi connectivity index (χ4v) is 1.28. The first-order valence-corrected chi connectivity index (χ1v) is 6.30. The highest BCUT2D eigenvalue weighted by Gasteiger charge is 1.87. The van der Waals surface area contributed by atoms with Crippen LogP contribution in [-0.2, 0) is 11.2 Å². The first-order valence-electron chi connectivity index (χ1n) is 6.30. The number of Topliss-reactive ketones (excluding diaryl/α,β-unsaturated/α-hetero) is 1. The fraction of sp³-hybridized carbons (Fsp3) is 0.533. The fourth-order valence-electron chi connectivity index (χ4n) is 1.28. The molecular formula is C15H24O. The molecule has 90 valence electrons. The summed E-state index contributed by atoms with van der Waals surface area (Å²) in [5.74, 6) is 0.343. The maximum absolute atomic E-state index is 10.2. The third-order valence-corrected chi connectivity index (χ3v) is 2.45. The molecule has 0 aliphatic carbocycles. The van der Waals surface area contributed by atoms with E-state index in [1.165, 1.54) is 24.8 Å². The van der Waals surface area contributed by atoms with Gasteiger partial charge in [0.2, 0.25) is 0 Å². The van der Waals surface area contributed by atoms with E-state index in [0.29, 0.717) is 18.6 Å². The van der Waals surface area contributed by atoms with E-state index in [0.717, 1.165) is 0 Å². The minimum atomic E-state index is 0.343. The summed E-state index contributed by atoms with van der Waals surface area (Å²) < 4.78 is 0. The lowest BCUT2D eigenvalue weighted by atomic mass is 10.1. The summed E-state index contributed by atoms with van der Waals surface area (Å²) in [5.41, 5.74) is 1.46. The lowest BCUT2D eigenvalue weighted by molar-refractivity contribution is -0.118. The van der Waals surface area contributed by atoms with Gasteiger partial charge in [-0.25, -0.2) is 0 Å². The molecule has 1 heteroatoms. The molecule has 0 fully saturated rings. The molecule has 0 unspecified atom stereocenters. The van der Waals surface area contributed by atoms with Crippen LogP contribution in [0.5, 0.6) is 0 Å². The van der Waals surface area contributed by atoms with Crippen molar-refractivity contribution >= 4 is 5.78 Å². The van der Waals surface area contributed by atoms with E-state index in [1.807, 2.05) is 13.8 Å². The van der Waals surface area contributed by atoms with Gasteiger partial charge in [0.05, 0.1) is 0 Å². The quantitative estimate of drug-likeness (QED) is 0.718.